The van der Waals surface area contributed by atoms with Crippen LogP contribution in [0.15, 0.2) is 23.7 Å². The average Bonchev–Trinajstić information content (AvgIpc) is 3.41. The SMILES string of the molecule is Cc1ncsc1-c1ccc(CNC(=O)[C@@H]2C[C@@H](O)CN2C(=O)[C@@H](NC(=O)C2(F)CC2)C(C)(C)C)c(OC2CCC(C(=O)O)CC2)c1. The molecule has 3 atom stereocenters. The Bertz CT molecular complexity index is 1480. The molecule has 1 aromatic heterocycles. The molecule has 1 aliphatic heterocycles. The van der Waals surface area contributed by atoms with E-state index < -0.39 is 53.0 Å². The number of benzene rings is 1. The molecule has 3 aliphatic rings. The number of carbonyl (C=O) groups is 4. The lowest BCUT2D eigenvalue weighted by Gasteiger charge is -2.35. The van der Waals surface area contributed by atoms with Crippen LogP contribution in [0.2, 0.25) is 0 Å². The third-order valence-electron chi connectivity index (χ3n) is 9.19. The van der Waals surface area contributed by atoms with E-state index in [1.165, 1.54) is 16.2 Å². The van der Waals surface area contributed by atoms with Crippen molar-refractivity contribution in [2.75, 3.05) is 6.54 Å². The Balaban J connectivity index is 1.31. The second-order valence-electron chi connectivity index (χ2n) is 13.9. The highest BCUT2D eigenvalue weighted by molar-refractivity contribution is 7.13. The third-order valence-corrected chi connectivity index (χ3v) is 10.2. The van der Waals surface area contributed by atoms with E-state index in [1.54, 1.807) is 26.3 Å². The normalized spacial score (nSPS) is 24.6. The van der Waals surface area contributed by atoms with Crippen molar-refractivity contribution in [3.8, 4) is 16.2 Å². The fraction of sp³-hybridized carbons (Fsp3) is 0.606. The zero-order valence-corrected chi connectivity index (χ0v) is 27.5. The Hall–Kier alpha value is -3.58. The predicted octanol–water partition coefficient (Wildman–Crippen LogP) is 3.75. The summed E-state index contributed by atoms with van der Waals surface area (Å²) in [6.07, 6.45) is 1.37. The van der Waals surface area contributed by atoms with Gasteiger partial charge in [-0.1, -0.05) is 32.9 Å². The summed E-state index contributed by atoms with van der Waals surface area (Å²) in [7, 11) is 0. The molecule has 46 heavy (non-hydrogen) atoms. The second-order valence-corrected chi connectivity index (χ2v) is 14.7. The molecule has 1 saturated heterocycles. The monoisotopic (exact) mass is 658 g/mol. The minimum Gasteiger partial charge on any atom is -0.490 e. The largest absolute Gasteiger partial charge is 0.490 e. The molecule has 0 radical (unpaired) electrons. The predicted molar refractivity (Wildman–Crippen MR) is 169 cm³/mol. The molecule has 0 unspecified atom stereocenters. The number of aliphatic carboxylic acids is 1. The smallest absolute Gasteiger partial charge is 0.306 e. The molecule has 250 valence electrons. The number of hydrogen-bond acceptors (Lipinski definition) is 8. The number of nitrogens with one attached hydrogen (secondary N) is 2. The number of aliphatic hydroxyl groups is 1. The van der Waals surface area contributed by atoms with Crippen LogP contribution in [0.3, 0.4) is 0 Å². The first-order valence-corrected chi connectivity index (χ1v) is 16.7. The fourth-order valence-electron chi connectivity index (χ4n) is 6.16. The van der Waals surface area contributed by atoms with E-state index in [0.717, 1.165) is 16.1 Å². The van der Waals surface area contributed by atoms with Gasteiger partial charge in [0.15, 0.2) is 5.67 Å². The molecule has 3 amide bonds. The van der Waals surface area contributed by atoms with Gasteiger partial charge in [-0.2, -0.15) is 0 Å². The maximum atomic E-state index is 14.5. The van der Waals surface area contributed by atoms with Gasteiger partial charge in [-0.05, 0) is 62.5 Å². The quantitative estimate of drug-likeness (QED) is 0.301. The summed E-state index contributed by atoms with van der Waals surface area (Å²) < 4.78 is 20.9. The van der Waals surface area contributed by atoms with Gasteiger partial charge in [-0.3, -0.25) is 19.2 Å². The number of hydrogen-bond donors (Lipinski definition) is 4. The third kappa shape index (κ3) is 7.52. The van der Waals surface area contributed by atoms with Crippen LogP contribution in [-0.2, 0) is 25.7 Å². The number of amides is 3. The molecule has 13 heteroatoms. The average molecular weight is 659 g/mol. The molecule has 0 bridgehead atoms. The standard InChI is InChI=1S/C33H43FN4O7S/c1-18-26(46-17-36-18)20-5-6-21(25(13-20)45-23-9-7-19(8-10-23)30(42)43)15-35-28(40)24-14-22(39)16-38(24)29(41)27(32(2,3)4)37-31(44)33(34)11-12-33/h5-6,13,17,19,22-24,27,39H,7-12,14-16H2,1-4H3,(H,35,40)(H,37,44)(H,42,43)/t19?,22-,23?,24+,27-/m1/s1. The first kappa shape index (κ1) is 33.8. The molecule has 4 N–H and O–H groups in total. The number of aromatic nitrogens is 1. The second kappa shape index (κ2) is 13.3. The maximum absolute atomic E-state index is 14.5. The van der Waals surface area contributed by atoms with E-state index in [0.29, 0.717) is 37.0 Å². The Kier molecular flexibility index (Phi) is 9.74. The van der Waals surface area contributed by atoms with Gasteiger partial charge in [0.1, 0.15) is 17.8 Å². The number of likely N-dealkylation sites (tertiary alicyclic amines) is 1. The summed E-state index contributed by atoms with van der Waals surface area (Å²) in [5.41, 5.74) is 1.53. The molecule has 5 rings (SSSR count). The van der Waals surface area contributed by atoms with E-state index in [2.05, 4.69) is 15.6 Å². The van der Waals surface area contributed by atoms with Crippen LogP contribution in [0.4, 0.5) is 4.39 Å². The molecule has 2 heterocycles. The van der Waals surface area contributed by atoms with Gasteiger partial charge in [0.25, 0.3) is 5.91 Å². The summed E-state index contributed by atoms with van der Waals surface area (Å²) in [6, 6.07) is 3.63. The van der Waals surface area contributed by atoms with E-state index in [1.807, 2.05) is 25.1 Å². The van der Waals surface area contributed by atoms with E-state index >= 15 is 0 Å². The van der Waals surface area contributed by atoms with Crippen LogP contribution in [0, 0.1) is 18.3 Å². The lowest BCUT2D eigenvalue weighted by Crippen LogP contribution is -2.59. The number of ether oxygens (including phenoxy) is 1. The Labute approximate surface area is 271 Å². The fourth-order valence-corrected chi connectivity index (χ4v) is 6.96. The number of rotatable bonds is 10. The van der Waals surface area contributed by atoms with Crippen LogP contribution in [0.1, 0.15) is 77.0 Å². The number of aliphatic hydroxyl groups excluding tert-OH is 1. The van der Waals surface area contributed by atoms with Crippen molar-refractivity contribution in [3.05, 3.63) is 35.0 Å². The summed E-state index contributed by atoms with van der Waals surface area (Å²) in [6.45, 7) is 7.18. The van der Waals surface area contributed by atoms with Crippen molar-refractivity contribution in [3.63, 3.8) is 0 Å². The molecule has 11 nitrogen and oxygen atoms in total. The number of halogens is 1. The number of alkyl halides is 1. The van der Waals surface area contributed by atoms with Crippen molar-refractivity contribution >= 4 is 35.0 Å². The highest BCUT2D eigenvalue weighted by Crippen LogP contribution is 2.40. The first-order valence-electron chi connectivity index (χ1n) is 15.9. The van der Waals surface area contributed by atoms with Gasteiger partial charge in [0.2, 0.25) is 11.8 Å². The highest BCUT2D eigenvalue weighted by atomic mass is 32.1. The molecule has 2 aliphatic carbocycles. The van der Waals surface area contributed by atoms with Gasteiger partial charge in [-0.25, -0.2) is 9.37 Å². The molecule has 2 saturated carbocycles. The summed E-state index contributed by atoms with van der Waals surface area (Å²) in [4.78, 5) is 58.0. The molecular formula is C33H43FN4O7S. The van der Waals surface area contributed by atoms with Gasteiger partial charge in [-0.15, -0.1) is 11.3 Å². The van der Waals surface area contributed by atoms with Gasteiger partial charge in [0, 0.05) is 25.1 Å². The first-order chi connectivity index (χ1) is 21.7. The Morgan fingerprint density at radius 3 is 2.46 bits per heavy atom. The maximum Gasteiger partial charge on any atom is 0.306 e. The van der Waals surface area contributed by atoms with Crippen LogP contribution < -0.4 is 15.4 Å². The number of aryl methyl sites for hydroxylation is 1. The number of nitrogens with zero attached hydrogens (tertiary/aromatic N) is 2. The van der Waals surface area contributed by atoms with Gasteiger partial charge < -0.3 is 30.5 Å². The van der Waals surface area contributed by atoms with Crippen molar-refractivity contribution in [2.45, 2.75) is 109 Å². The lowest BCUT2D eigenvalue weighted by atomic mass is 9.85. The minimum absolute atomic E-state index is 0.0230. The van der Waals surface area contributed by atoms with Crippen molar-refractivity contribution < 1.29 is 38.5 Å². The van der Waals surface area contributed by atoms with E-state index in [9.17, 15) is 33.8 Å². The lowest BCUT2D eigenvalue weighted by molar-refractivity contribution is -0.145. The van der Waals surface area contributed by atoms with E-state index in [-0.39, 0.29) is 44.4 Å². The van der Waals surface area contributed by atoms with Crippen molar-refractivity contribution in [1.82, 2.24) is 20.5 Å². The zero-order chi connectivity index (χ0) is 33.4. The molecule has 1 aromatic carbocycles. The van der Waals surface area contributed by atoms with Crippen LogP contribution >= 0.6 is 11.3 Å². The van der Waals surface area contributed by atoms with Crippen LogP contribution in [0.25, 0.3) is 10.4 Å². The Morgan fingerprint density at radius 2 is 1.87 bits per heavy atom. The Morgan fingerprint density at radius 1 is 1.17 bits per heavy atom. The van der Waals surface area contributed by atoms with Crippen molar-refractivity contribution in [2.24, 2.45) is 11.3 Å². The van der Waals surface area contributed by atoms with Crippen LogP contribution in [0.5, 0.6) is 5.75 Å². The molecule has 0 spiro atoms. The van der Waals surface area contributed by atoms with Gasteiger partial charge >= 0.3 is 5.97 Å². The molecular weight excluding hydrogens is 615 g/mol. The van der Waals surface area contributed by atoms with E-state index in [4.69, 9.17) is 4.74 Å². The van der Waals surface area contributed by atoms with Crippen molar-refractivity contribution in [1.29, 1.82) is 0 Å². The number of thiazole rings is 1. The topological polar surface area (TPSA) is 158 Å². The number of carbonyl (C=O) groups excluding carboxylic acids is 3. The number of carboxylic acid groups (broad SMARTS) is 1. The minimum atomic E-state index is -1.96. The number of β-amino-alcohol motifs (C(OH)–C–C–N with tert-alkyl or cyclic N) is 1. The number of carboxylic acids is 1. The summed E-state index contributed by atoms with van der Waals surface area (Å²) in [5, 5.41) is 25.4. The summed E-state index contributed by atoms with van der Waals surface area (Å²) in [5.74, 6) is -2.45. The summed E-state index contributed by atoms with van der Waals surface area (Å²) >= 11 is 1.51. The zero-order valence-electron chi connectivity index (χ0n) is 26.7. The van der Waals surface area contributed by atoms with Crippen LogP contribution in [-0.4, -0.2) is 80.3 Å². The highest BCUT2D eigenvalue weighted by Gasteiger charge is 2.53. The van der Waals surface area contributed by atoms with Gasteiger partial charge in [0.05, 0.1) is 34.2 Å². The molecule has 2 aromatic rings. The molecule has 3 fully saturated rings.